The molecule has 6 rings (SSSR count). The Hall–Kier alpha value is -4.37. The van der Waals surface area contributed by atoms with Crippen LogP contribution in [0, 0.1) is 0 Å². The van der Waals surface area contributed by atoms with E-state index in [1.54, 1.807) is 23.9 Å². The van der Waals surface area contributed by atoms with Gasteiger partial charge in [-0.2, -0.15) is 4.68 Å². The lowest BCUT2D eigenvalue weighted by Crippen LogP contribution is -2.67. The van der Waals surface area contributed by atoms with Gasteiger partial charge in [0.25, 0.3) is 5.56 Å². The SMILES string of the molecule is CN(C)c1ccc(/C=c2\sc3n(c2=O)NC2(c4ccccc4)N(C)C(=O)N(C)C2(c2ccccc2)N=3)cc1. The molecule has 192 valence electrons. The Morgan fingerprint density at radius 3 is 2.05 bits per heavy atom. The van der Waals surface area contributed by atoms with E-state index in [2.05, 4.69) is 5.43 Å². The van der Waals surface area contributed by atoms with E-state index < -0.39 is 11.3 Å². The van der Waals surface area contributed by atoms with Crippen LogP contribution in [0.25, 0.3) is 6.08 Å². The first-order chi connectivity index (χ1) is 18.3. The van der Waals surface area contributed by atoms with E-state index in [-0.39, 0.29) is 11.6 Å². The zero-order valence-electron chi connectivity index (χ0n) is 21.6. The van der Waals surface area contributed by atoms with Gasteiger partial charge >= 0.3 is 6.03 Å². The number of benzene rings is 3. The molecule has 2 aliphatic heterocycles. The van der Waals surface area contributed by atoms with Crippen LogP contribution in [0.1, 0.15) is 16.7 Å². The molecule has 2 atom stereocenters. The quantitative estimate of drug-likeness (QED) is 0.446. The van der Waals surface area contributed by atoms with Crippen molar-refractivity contribution in [2.45, 2.75) is 11.3 Å². The molecule has 0 saturated carbocycles. The van der Waals surface area contributed by atoms with Crippen LogP contribution in [0.15, 0.2) is 94.7 Å². The first-order valence-corrected chi connectivity index (χ1v) is 13.1. The lowest BCUT2D eigenvalue weighted by atomic mass is 9.80. The summed E-state index contributed by atoms with van der Waals surface area (Å²) in [6, 6.07) is 27.3. The van der Waals surface area contributed by atoms with Crippen LogP contribution >= 0.6 is 11.3 Å². The molecule has 0 bridgehead atoms. The molecule has 9 heteroatoms. The first kappa shape index (κ1) is 24.0. The highest BCUT2D eigenvalue weighted by Gasteiger charge is 2.69. The Morgan fingerprint density at radius 2 is 1.45 bits per heavy atom. The number of fused-ring (bicyclic) bond motifs is 2. The minimum atomic E-state index is -1.18. The second-order valence-corrected chi connectivity index (χ2v) is 10.8. The molecule has 38 heavy (non-hydrogen) atoms. The zero-order chi connectivity index (χ0) is 26.7. The molecular formula is C29H28N6O2S. The van der Waals surface area contributed by atoms with Gasteiger partial charge in [-0.15, -0.1) is 0 Å². The Morgan fingerprint density at radius 1 is 0.842 bits per heavy atom. The summed E-state index contributed by atoms with van der Waals surface area (Å²) in [5.74, 6) is 0. The topological polar surface area (TPSA) is 73.2 Å². The van der Waals surface area contributed by atoms with Gasteiger partial charge in [-0.3, -0.25) is 20.0 Å². The summed E-state index contributed by atoms with van der Waals surface area (Å²) in [5, 5.41) is 0. The largest absolute Gasteiger partial charge is 0.378 e. The predicted molar refractivity (Wildman–Crippen MR) is 150 cm³/mol. The van der Waals surface area contributed by atoms with Gasteiger partial charge < -0.3 is 4.90 Å². The number of amides is 2. The number of nitrogens with one attached hydrogen (secondary N) is 1. The average Bonchev–Trinajstić information content (AvgIpc) is 3.33. The van der Waals surface area contributed by atoms with Crippen molar-refractivity contribution in [3.8, 4) is 0 Å². The van der Waals surface area contributed by atoms with Crippen molar-refractivity contribution in [3.63, 3.8) is 0 Å². The lowest BCUT2D eigenvalue weighted by Gasteiger charge is -2.49. The lowest BCUT2D eigenvalue weighted by molar-refractivity contribution is 0.0648. The number of urea groups is 1. The summed E-state index contributed by atoms with van der Waals surface area (Å²) in [6.45, 7) is 0. The number of aromatic nitrogens is 1. The predicted octanol–water partition coefficient (Wildman–Crippen LogP) is 2.68. The van der Waals surface area contributed by atoms with Gasteiger partial charge in [0.15, 0.2) is 0 Å². The molecule has 0 aliphatic carbocycles. The third kappa shape index (κ3) is 3.18. The maximum atomic E-state index is 13.8. The summed E-state index contributed by atoms with van der Waals surface area (Å²) in [6.07, 6.45) is 1.88. The number of thiazole rings is 1. The van der Waals surface area contributed by atoms with Crippen LogP contribution in [0.3, 0.4) is 0 Å². The van der Waals surface area contributed by atoms with Gasteiger partial charge in [-0.05, 0) is 23.8 Å². The highest BCUT2D eigenvalue weighted by Crippen LogP contribution is 2.53. The first-order valence-electron chi connectivity index (χ1n) is 12.3. The second-order valence-electron chi connectivity index (χ2n) is 9.76. The molecule has 2 unspecified atom stereocenters. The molecular weight excluding hydrogens is 496 g/mol. The van der Waals surface area contributed by atoms with Crippen molar-refractivity contribution in [3.05, 3.63) is 121 Å². The fourth-order valence-corrected chi connectivity index (χ4v) is 6.50. The zero-order valence-corrected chi connectivity index (χ0v) is 22.4. The summed E-state index contributed by atoms with van der Waals surface area (Å²) >= 11 is 1.31. The number of likely N-dealkylation sites (N-methyl/N-ethyl adjacent to an activating group) is 2. The fraction of sp³-hybridized carbons (Fsp3) is 0.207. The third-order valence-corrected chi connectivity index (χ3v) is 8.45. The van der Waals surface area contributed by atoms with Crippen LogP contribution in [0.4, 0.5) is 10.5 Å². The third-order valence-electron chi connectivity index (χ3n) is 7.48. The monoisotopic (exact) mass is 524 g/mol. The van der Waals surface area contributed by atoms with Crippen molar-refractivity contribution in [2.75, 3.05) is 38.5 Å². The highest BCUT2D eigenvalue weighted by molar-refractivity contribution is 7.07. The Bertz CT molecular complexity index is 1700. The van der Waals surface area contributed by atoms with Gasteiger partial charge in [-0.1, -0.05) is 84.1 Å². The van der Waals surface area contributed by atoms with Crippen LogP contribution in [-0.4, -0.2) is 48.7 Å². The van der Waals surface area contributed by atoms with Crippen molar-refractivity contribution in [1.82, 2.24) is 14.5 Å². The summed E-state index contributed by atoms with van der Waals surface area (Å²) in [4.78, 5) is 38.5. The van der Waals surface area contributed by atoms with E-state index in [1.165, 1.54) is 16.0 Å². The number of carbonyl (C=O) groups is 1. The van der Waals surface area contributed by atoms with E-state index in [4.69, 9.17) is 4.99 Å². The molecule has 2 aliphatic rings. The molecule has 1 N–H and O–H groups in total. The smallest absolute Gasteiger partial charge is 0.324 e. The van der Waals surface area contributed by atoms with Crippen LogP contribution in [-0.2, 0) is 11.3 Å². The Labute approximate surface area is 224 Å². The maximum Gasteiger partial charge on any atom is 0.324 e. The Balaban J connectivity index is 1.64. The number of anilines is 1. The number of hydrogen-bond donors (Lipinski definition) is 1. The van der Waals surface area contributed by atoms with Crippen LogP contribution < -0.4 is 25.2 Å². The molecule has 4 aromatic rings. The summed E-state index contributed by atoms with van der Waals surface area (Å²) < 4.78 is 2.04. The van der Waals surface area contributed by atoms with Gasteiger partial charge in [0, 0.05) is 45.0 Å². The summed E-state index contributed by atoms with van der Waals surface area (Å²) in [5.41, 5.74) is 4.61. The van der Waals surface area contributed by atoms with Crippen molar-refractivity contribution < 1.29 is 4.79 Å². The number of rotatable bonds is 4. The summed E-state index contributed by atoms with van der Waals surface area (Å²) in [7, 11) is 7.50. The molecule has 8 nitrogen and oxygen atoms in total. The van der Waals surface area contributed by atoms with Crippen LogP contribution in [0.5, 0.6) is 0 Å². The second kappa shape index (κ2) is 8.59. The van der Waals surface area contributed by atoms with Crippen molar-refractivity contribution >= 4 is 29.1 Å². The molecule has 3 aromatic carbocycles. The van der Waals surface area contributed by atoms with E-state index in [0.717, 1.165) is 22.4 Å². The molecule has 2 amide bonds. The molecule has 3 heterocycles. The van der Waals surface area contributed by atoms with Crippen molar-refractivity contribution in [1.29, 1.82) is 0 Å². The van der Waals surface area contributed by atoms with Gasteiger partial charge in [0.05, 0.1) is 4.53 Å². The van der Waals surface area contributed by atoms with Gasteiger partial charge in [0.1, 0.15) is 0 Å². The molecule has 1 fully saturated rings. The standard InChI is InChI=1S/C29H28N6O2S/c1-32(2)23-17-15-20(16-18-23)19-24-25(36)35-26(38-24)30-28(21-11-7-5-8-12-21)29(31-35,22-13-9-6-10-14-22)34(4)27(37)33(28)3/h5-19,31H,1-4H3/b24-19-. The normalized spacial score (nSPS) is 22.5. The van der Waals surface area contributed by atoms with Crippen molar-refractivity contribution in [2.24, 2.45) is 4.99 Å². The molecule has 1 aromatic heterocycles. The molecule has 0 radical (unpaired) electrons. The number of nitrogens with zero attached hydrogens (tertiary/aromatic N) is 5. The molecule has 0 spiro atoms. The minimum Gasteiger partial charge on any atom is -0.378 e. The minimum absolute atomic E-state index is 0.204. The number of carbonyl (C=O) groups excluding carboxylic acids is 1. The Kier molecular flexibility index (Phi) is 5.43. The van der Waals surface area contributed by atoms with E-state index in [0.29, 0.717) is 9.33 Å². The average molecular weight is 525 g/mol. The highest BCUT2D eigenvalue weighted by atomic mass is 32.1. The number of hydrogen-bond acceptors (Lipinski definition) is 6. The van der Waals surface area contributed by atoms with Gasteiger partial charge in [0.2, 0.25) is 16.1 Å². The maximum absolute atomic E-state index is 13.8. The van der Waals surface area contributed by atoms with E-state index >= 15 is 0 Å². The van der Waals surface area contributed by atoms with Crippen LogP contribution in [0.2, 0.25) is 0 Å². The van der Waals surface area contributed by atoms with E-state index in [1.807, 2.05) is 110 Å². The molecule has 1 saturated heterocycles. The fourth-order valence-electron chi connectivity index (χ4n) is 5.54. The van der Waals surface area contributed by atoms with E-state index in [9.17, 15) is 9.59 Å². The van der Waals surface area contributed by atoms with Gasteiger partial charge in [-0.25, -0.2) is 9.79 Å².